The Morgan fingerprint density at radius 1 is 1.38 bits per heavy atom. The molecule has 0 unspecified atom stereocenters. The fourth-order valence-electron chi connectivity index (χ4n) is 1.04. The number of methoxy groups -OCH3 is 1. The third-order valence-corrected chi connectivity index (χ3v) is 2.42. The maximum absolute atomic E-state index is 5.87. The van der Waals surface area contributed by atoms with Crippen LogP contribution >= 0.6 is 11.6 Å². The minimum atomic E-state index is -0.262. The third-order valence-electron chi connectivity index (χ3n) is 2.22. The first-order valence-corrected chi connectivity index (χ1v) is 5.56. The lowest BCUT2D eigenvalue weighted by Crippen LogP contribution is -2.27. The summed E-state index contributed by atoms with van der Waals surface area (Å²) in [5.41, 5.74) is -0.262. The monoisotopic (exact) mass is 244 g/mol. The Bertz CT molecular complexity index is 356. The molecule has 0 aliphatic rings. The number of rotatable bonds is 5. The molecule has 0 bridgehead atoms. The molecule has 0 fully saturated rings. The highest BCUT2D eigenvalue weighted by molar-refractivity contribution is 6.29. The van der Waals surface area contributed by atoms with Crippen LogP contribution < -0.4 is 4.74 Å². The van der Waals surface area contributed by atoms with Crippen molar-refractivity contribution in [3.63, 3.8) is 0 Å². The summed E-state index contributed by atoms with van der Waals surface area (Å²) < 4.78 is 10.7. The minimum Gasteiger partial charge on any atom is -0.472 e. The Labute approximate surface area is 101 Å². The van der Waals surface area contributed by atoms with Crippen LogP contribution in [0.3, 0.4) is 0 Å². The van der Waals surface area contributed by atoms with Crippen molar-refractivity contribution < 1.29 is 9.47 Å². The van der Waals surface area contributed by atoms with Crippen LogP contribution in [0.2, 0.25) is 5.15 Å². The Morgan fingerprint density at radius 2 is 2.06 bits per heavy atom. The molecule has 90 valence electrons. The van der Waals surface area contributed by atoms with Gasteiger partial charge in [0.05, 0.1) is 0 Å². The van der Waals surface area contributed by atoms with Gasteiger partial charge in [0.2, 0.25) is 5.88 Å². The summed E-state index contributed by atoms with van der Waals surface area (Å²) in [5, 5.41) is 0.365. The molecule has 0 aliphatic carbocycles. The first-order chi connectivity index (χ1) is 7.46. The number of nitrogens with zero attached hydrogens (tertiary/aromatic N) is 2. The van der Waals surface area contributed by atoms with Crippen LogP contribution in [0.1, 0.15) is 33.0 Å². The molecule has 5 heteroatoms. The molecule has 0 atom stereocenters. The van der Waals surface area contributed by atoms with Crippen molar-refractivity contribution in [1.82, 2.24) is 9.97 Å². The van der Waals surface area contributed by atoms with Crippen molar-refractivity contribution in [3.05, 3.63) is 17.0 Å². The molecule has 1 aromatic heterocycles. The summed E-state index contributed by atoms with van der Waals surface area (Å²) in [6.45, 7) is 6.38. The molecule has 16 heavy (non-hydrogen) atoms. The Balaban J connectivity index is 2.87. The van der Waals surface area contributed by atoms with Crippen LogP contribution in [0.5, 0.6) is 5.88 Å². The highest BCUT2D eigenvalue weighted by Crippen LogP contribution is 2.21. The lowest BCUT2D eigenvalue weighted by atomic mass is 10.1. The van der Waals surface area contributed by atoms with E-state index in [-0.39, 0.29) is 5.60 Å². The van der Waals surface area contributed by atoms with E-state index in [2.05, 4.69) is 16.9 Å². The summed E-state index contributed by atoms with van der Waals surface area (Å²) in [6, 6.07) is 1.61. The highest BCUT2D eigenvalue weighted by atomic mass is 35.5. The number of ether oxygens (including phenoxy) is 2. The molecule has 0 spiro atoms. The van der Waals surface area contributed by atoms with Crippen LogP contribution in [0.15, 0.2) is 6.07 Å². The van der Waals surface area contributed by atoms with Crippen LogP contribution in [0, 0.1) is 0 Å². The lowest BCUT2D eigenvalue weighted by molar-refractivity contribution is 0.0971. The van der Waals surface area contributed by atoms with Crippen molar-refractivity contribution in [1.29, 1.82) is 0 Å². The normalized spacial score (nSPS) is 11.6. The lowest BCUT2D eigenvalue weighted by Gasteiger charge is -2.24. The van der Waals surface area contributed by atoms with E-state index >= 15 is 0 Å². The summed E-state index contributed by atoms with van der Waals surface area (Å²) in [5.74, 6) is 1.01. The van der Waals surface area contributed by atoms with E-state index < -0.39 is 0 Å². The van der Waals surface area contributed by atoms with Crippen molar-refractivity contribution in [2.45, 2.75) is 39.4 Å². The van der Waals surface area contributed by atoms with E-state index in [0.717, 1.165) is 6.42 Å². The number of aromatic nitrogens is 2. The number of hydrogen-bond acceptors (Lipinski definition) is 4. The average molecular weight is 245 g/mol. The van der Waals surface area contributed by atoms with Gasteiger partial charge in [-0.25, -0.2) is 4.98 Å². The zero-order valence-electron chi connectivity index (χ0n) is 10.1. The molecule has 1 rings (SSSR count). The largest absolute Gasteiger partial charge is 0.472 e. The van der Waals surface area contributed by atoms with Gasteiger partial charge in [0.15, 0.2) is 5.82 Å². The summed E-state index contributed by atoms with van der Waals surface area (Å²) in [4.78, 5) is 8.24. The Morgan fingerprint density at radius 3 is 2.62 bits per heavy atom. The number of halogens is 1. The maximum atomic E-state index is 5.87. The van der Waals surface area contributed by atoms with Crippen LogP contribution in [-0.2, 0) is 11.3 Å². The second kappa shape index (κ2) is 5.46. The minimum absolute atomic E-state index is 0.262. The van der Waals surface area contributed by atoms with Gasteiger partial charge in [0.1, 0.15) is 17.4 Å². The molecular formula is C11H17ClN2O2. The standard InChI is InChI=1S/C11H17ClN2O2/c1-5-11(2,3)16-10-6-8(12)13-9(14-10)7-15-4/h6H,5,7H2,1-4H3. The van der Waals surface area contributed by atoms with Gasteiger partial charge < -0.3 is 9.47 Å². The molecular weight excluding hydrogens is 228 g/mol. The summed E-state index contributed by atoms with van der Waals surface area (Å²) in [6.07, 6.45) is 0.883. The van der Waals surface area contributed by atoms with E-state index in [1.807, 2.05) is 13.8 Å². The topological polar surface area (TPSA) is 44.2 Å². The first-order valence-electron chi connectivity index (χ1n) is 5.18. The second-order valence-electron chi connectivity index (χ2n) is 4.09. The number of hydrogen-bond donors (Lipinski definition) is 0. The maximum Gasteiger partial charge on any atom is 0.218 e. The average Bonchev–Trinajstić information content (AvgIpc) is 2.16. The predicted molar refractivity (Wildman–Crippen MR) is 62.8 cm³/mol. The summed E-state index contributed by atoms with van der Waals surface area (Å²) in [7, 11) is 1.58. The van der Waals surface area contributed by atoms with Gasteiger partial charge in [0, 0.05) is 13.2 Å². The molecule has 4 nitrogen and oxygen atoms in total. The molecule has 0 saturated carbocycles. The SMILES string of the molecule is CCC(C)(C)Oc1cc(Cl)nc(COC)n1. The van der Waals surface area contributed by atoms with Gasteiger partial charge in [-0.05, 0) is 20.3 Å². The predicted octanol–water partition coefficient (Wildman–Crippen LogP) is 2.84. The van der Waals surface area contributed by atoms with E-state index in [1.165, 1.54) is 0 Å². The van der Waals surface area contributed by atoms with Crippen molar-refractivity contribution in [3.8, 4) is 5.88 Å². The van der Waals surface area contributed by atoms with Gasteiger partial charge in [-0.3, -0.25) is 0 Å². The highest BCUT2D eigenvalue weighted by Gasteiger charge is 2.18. The van der Waals surface area contributed by atoms with Crippen LogP contribution in [-0.4, -0.2) is 22.7 Å². The van der Waals surface area contributed by atoms with Gasteiger partial charge in [-0.15, -0.1) is 0 Å². The van der Waals surface area contributed by atoms with Crippen LogP contribution in [0.4, 0.5) is 0 Å². The van der Waals surface area contributed by atoms with Gasteiger partial charge in [0.25, 0.3) is 0 Å². The van der Waals surface area contributed by atoms with Crippen LogP contribution in [0.25, 0.3) is 0 Å². The van der Waals surface area contributed by atoms with E-state index in [1.54, 1.807) is 13.2 Å². The fraction of sp³-hybridized carbons (Fsp3) is 0.636. The van der Waals surface area contributed by atoms with Gasteiger partial charge in [-0.2, -0.15) is 4.98 Å². The van der Waals surface area contributed by atoms with Crippen molar-refractivity contribution >= 4 is 11.6 Å². The molecule has 0 saturated heterocycles. The molecule has 1 heterocycles. The van der Waals surface area contributed by atoms with Crippen molar-refractivity contribution in [2.24, 2.45) is 0 Å². The smallest absolute Gasteiger partial charge is 0.218 e. The second-order valence-corrected chi connectivity index (χ2v) is 4.48. The fourth-order valence-corrected chi connectivity index (χ4v) is 1.23. The first kappa shape index (κ1) is 13.2. The van der Waals surface area contributed by atoms with E-state index in [9.17, 15) is 0 Å². The Hall–Kier alpha value is -0.870. The zero-order chi connectivity index (χ0) is 12.2. The van der Waals surface area contributed by atoms with E-state index in [0.29, 0.717) is 23.5 Å². The zero-order valence-corrected chi connectivity index (χ0v) is 10.8. The Kier molecular flexibility index (Phi) is 4.50. The van der Waals surface area contributed by atoms with Gasteiger partial charge in [-0.1, -0.05) is 18.5 Å². The molecule has 0 N–H and O–H groups in total. The third kappa shape index (κ3) is 3.94. The van der Waals surface area contributed by atoms with Gasteiger partial charge >= 0.3 is 0 Å². The molecule has 0 radical (unpaired) electrons. The summed E-state index contributed by atoms with van der Waals surface area (Å²) >= 11 is 5.87. The molecule has 0 amide bonds. The van der Waals surface area contributed by atoms with E-state index in [4.69, 9.17) is 21.1 Å². The molecule has 0 aromatic carbocycles. The quantitative estimate of drug-likeness (QED) is 0.747. The van der Waals surface area contributed by atoms with Crippen molar-refractivity contribution in [2.75, 3.05) is 7.11 Å². The molecule has 1 aromatic rings. The molecule has 0 aliphatic heterocycles.